The zero-order valence-corrected chi connectivity index (χ0v) is 28.4. The molecule has 2 aromatic heterocycles. The average Bonchev–Trinajstić information content (AvgIpc) is 3.73. The molecule has 9 aromatic carbocycles. The lowest BCUT2D eigenvalue weighted by Gasteiger charge is -2.11. The standard InChI is InChI=1S/C50H32N2/c1-3-11-38-31-40(22-21-33(38)9-1)37-19-17-35(18-20-37)36-23-26-41(27-24-36)51-45-15-7-5-13-43(45)49-47(51)29-30-48-50(49)44-14-6-8-16-46(44)52(48)42-28-25-34-10-2-4-12-39(34)32-42/h1-32H. The van der Waals surface area contributed by atoms with E-state index in [1.54, 1.807) is 0 Å². The highest BCUT2D eigenvalue weighted by Gasteiger charge is 2.20. The quantitative estimate of drug-likeness (QED) is 0.178. The molecule has 0 bridgehead atoms. The molecule has 0 radical (unpaired) electrons. The lowest BCUT2D eigenvalue weighted by molar-refractivity contribution is 1.17. The molecule has 0 saturated carbocycles. The Kier molecular flexibility index (Phi) is 6.28. The Morgan fingerprint density at radius 3 is 1.25 bits per heavy atom. The van der Waals surface area contributed by atoms with Crippen LogP contribution in [0.5, 0.6) is 0 Å². The van der Waals surface area contributed by atoms with Crippen LogP contribution in [0.4, 0.5) is 0 Å². The van der Waals surface area contributed by atoms with Crippen LogP contribution in [0.3, 0.4) is 0 Å². The van der Waals surface area contributed by atoms with Gasteiger partial charge in [0, 0.05) is 32.9 Å². The monoisotopic (exact) mass is 660 g/mol. The fourth-order valence-corrected chi connectivity index (χ4v) is 8.42. The summed E-state index contributed by atoms with van der Waals surface area (Å²) in [7, 11) is 0. The minimum absolute atomic E-state index is 1.15. The molecule has 0 amide bonds. The first kappa shape index (κ1) is 28.9. The van der Waals surface area contributed by atoms with Gasteiger partial charge < -0.3 is 9.13 Å². The van der Waals surface area contributed by atoms with Gasteiger partial charge in [0.1, 0.15) is 0 Å². The van der Waals surface area contributed by atoms with E-state index in [2.05, 4.69) is 203 Å². The van der Waals surface area contributed by atoms with E-state index in [0.717, 1.165) is 5.69 Å². The molecule has 0 N–H and O–H groups in total. The van der Waals surface area contributed by atoms with E-state index in [4.69, 9.17) is 0 Å². The first-order valence-electron chi connectivity index (χ1n) is 17.9. The average molecular weight is 661 g/mol. The van der Waals surface area contributed by atoms with Crippen molar-refractivity contribution < 1.29 is 0 Å². The molecular formula is C50H32N2. The largest absolute Gasteiger partial charge is 0.309 e. The molecular weight excluding hydrogens is 629 g/mol. The van der Waals surface area contributed by atoms with E-state index in [1.807, 2.05) is 0 Å². The van der Waals surface area contributed by atoms with Crippen molar-refractivity contribution in [3.05, 3.63) is 194 Å². The summed E-state index contributed by atoms with van der Waals surface area (Å²) < 4.78 is 4.86. The van der Waals surface area contributed by atoms with Crippen molar-refractivity contribution >= 4 is 65.2 Å². The van der Waals surface area contributed by atoms with Gasteiger partial charge in [-0.25, -0.2) is 0 Å². The Morgan fingerprint density at radius 2 is 0.654 bits per heavy atom. The van der Waals surface area contributed by atoms with Crippen LogP contribution in [0, 0.1) is 0 Å². The van der Waals surface area contributed by atoms with Gasteiger partial charge in [-0.1, -0.05) is 140 Å². The molecule has 242 valence electrons. The lowest BCUT2D eigenvalue weighted by Crippen LogP contribution is -1.95. The van der Waals surface area contributed by atoms with Crippen molar-refractivity contribution in [3.63, 3.8) is 0 Å². The summed E-state index contributed by atoms with van der Waals surface area (Å²) in [6.07, 6.45) is 0. The van der Waals surface area contributed by atoms with Gasteiger partial charge >= 0.3 is 0 Å². The summed E-state index contributed by atoms with van der Waals surface area (Å²) in [5.74, 6) is 0. The summed E-state index contributed by atoms with van der Waals surface area (Å²) in [5, 5.41) is 10.1. The summed E-state index contributed by atoms with van der Waals surface area (Å²) in [4.78, 5) is 0. The Balaban J connectivity index is 1.04. The summed E-state index contributed by atoms with van der Waals surface area (Å²) >= 11 is 0. The topological polar surface area (TPSA) is 9.86 Å². The van der Waals surface area contributed by atoms with Gasteiger partial charge in [0.25, 0.3) is 0 Å². The zero-order chi connectivity index (χ0) is 34.2. The van der Waals surface area contributed by atoms with Crippen LogP contribution in [0.15, 0.2) is 194 Å². The number of nitrogens with zero attached hydrogens (tertiary/aromatic N) is 2. The molecule has 0 spiro atoms. The van der Waals surface area contributed by atoms with Crippen LogP contribution in [0.2, 0.25) is 0 Å². The van der Waals surface area contributed by atoms with Gasteiger partial charge in [0.15, 0.2) is 0 Å². The Hall–Kier alpha value is -6.90. The molecule has 0 atom stereocenters. The number of para-hydroxylation sites is 2. The van der Waals surface area contributed by atoms with Crippen molar-refractivity contribution in [3.8, 4) is 33.6 Å². The minimum atomic E-state index is 1.15. The van der Waals surface area contributed by atoms with Crippen LogP contribution in [-0.2, 0) is 0 Å². The second-order valence-corrected chi connectivity index (χ2v) is 13.8. The fraction of sp³-hybridized carbons (Fsp3) is 0. The third-order valence-electron chi connectivity index (χ3n) is 10.9. The first-order valence-corrected chi connectivity index (χ1v) is 17.9. The van der Waals surface area contributed by atoms with Gasteiger partial charge in [-0.3, -0.25) is 0 Å². The summed E-state index contributed by atoms with van der Waals surface area (Å²) in [6, 6.07) is 70.9. The Morgan fingerprint density at radius 1 is 0.250 bits per heavy atom. The van der Waals surface area contributed by atoms with Crippen LogP contribution in [-0.4, -0.2) is 9.13 Å². The van der Waals surface area contributed by atoms with E-state index in [0.29, 0.717) is 0 Å². The van der Waals surface area contributed by atoms with E-state index in [1.165, 1.54) is 93.1 Å². The maximum absolute atomic E-state index is 2.43. The van der Waals surface area contributed by atoms with Crippen molar-refractivity contribution in [2.75, 3.05) is 0 Å². The Labute approximate surface area is 301 Å². The van der Waals surface area contributed by atoms with Gasteiger partial charge in [-0.2, -0.15) is 0 Å². The maximum atomic E-state index is 2.43. The summed E-state index contributed by atoms with van der Waals surface area (Å²) in [6.45, 7) is 0. The summed E-state index contributed by atoms with van der Waals surface area (Å²) in [5.41, 5.74) is 12.1. The smallest absolute Gasteiger partial charge is 0.0548 e. The molecule has 11 rings (SSSR count). The van der Waals surface area contributed by atoms with Gasteiger partial charge in [-0.15, -0.1) is 0 Å². The third kappa shape index (κ3) is 4.38. The number of aromatic nitrogens is 2. The van der Waals surface area contributed by atoms with Crippen LogP contribution < -0.4 is 0 Å². The molecule has 0 fully saturated rings. The predicted molar refractivity (Wildman–Crippen MR) is 221 cm³/mol. The van der Waals surface area contributed by atoms with Gasteiger partial charge in [-0.05, 0) is 98.4 Å². The second-order valence-electron chi connectivity index (χ2n) is 13.8. The van der Waals surface area contributed by atoms with Crippen molar-refractivity contribution in [1.29, 1.82) is 0 Å². The molecule has 0 saturated heterocycles. The highest BCUT2D eigenvalue weighted by molar-refractivity contribution is 6.29. The molecule has 2 heterocycles. The zero-order valence-electron chi connectivity index (χ0n) is 28.4. The highest BCUT2D eigenvalue weighted by atomic mass is 15.0. The Bertz CT molecular complexity index is 3160. The number of hydrogen-bond acceptors (Lipinski definition) is 0. The number of fused-ring (bicyclic) bond motifs is 9. The van der Waals surface area contributed by atoms with Gasteiger partial charge in [0.2, 0.25) is 0 Å². The van der Waals surface area contributed by atoms with Crippen LogP contribution >= 0.6 is 0 Å². The molecule has 2 nitrogen and oxygen atoms in total. The van der Waals surface area contributed by atoms with Crippen molar-refractivity contribution in [2.24, 2.45) is 0 Å². The highest BCUT2D eigenvalue weighted by Crippen LogP contribution is 2.42. The molecule has 52 heavy (non-hydrogen) atoms. The van der Waals surface area contributed by atoms with Crippen molar-refractivity contribution in [1.82, 2.24) is 9.13 Å². The van der Waals surface area contributed by atoms with Crippen LogP contribution in [0.1, 0.15) is 0 Å². The number of hydrogen-bond donors (Lipinski definition) is 0. The molecule has 0 unspecified atom stereocenters. The molecule has 0 aliphatic carbocycles. The number of benzene rings is 9. The van der Waals surface area contributed by atoms with Crippen LogP contribution in [0.25, 0.3) is 98.8 Å². The van der Waals surface area contributed by atoms with E-state index in [9.17, 15) is 0 Å². The van der Waals surface area contributed by atoms with Crippen molar-refractivity contribution in [2.45, 2.75) is 0 Å². The molecule has 2 heteroatoms. The fourth-order valence-electron chi connectivity index (χ4n) is 8.42. The second kappa shape index (κ2) is 11.3. The molecule has 0 aliphatic rings. The maximum Gasteiger partial charge on any atom is 0.0548 e. The van der Waals surface area contributed by atoms with E-state index in [-0.39, 0.29) is 0 Å². The molecule has 11 aromatic rings. The normalized spacial score (nSPS) is 11.8. The lowest BCUT2D eigenvalue weighted by atomic mass is 9.98. The van der Waals surface area contributed by atoms with Gasteiger partial charge in [0.05, 0.1) is 22.1 Å². The van der Waals surface area contributed by atoms with E-state index >= 15 is 0 Å². The SMILES string of the molecule is c1ccc2cc(-c3ccc(-c4ccc(-n5c6ccccc6c6c7c8ccccc8n(-c8ccc9ccccc9c8)c7ccc65)cc4)cc3)ccc2c1. The predicted octanol–water partition coefficient (Wildman–Crippen LogP) is 13.5. The first-order chi connectivity index (χ1) is 25.8. The molecule has 0 aliphatic heterocycles. The third-order valence-corrected chi connectivity index (χ3v) is 10.9. The van der Waals surface area contributed by atoms with E-state index < -0.39 is 0 Å². The number of rotatable bonds is 4. The minimum Gasteiger partial charge on any atom is -0.309 e.